The molecule has 11 heteroatoms. The van der Waals surface area contributed by atoms with Gasteiger partial charge in [-0.05, 0) is 36.7 Å². The van der Waals surface area contributed by atoms with Gasteiger partial charge in [-0.1, -0.05) is 12.1 Å². The second-order valence-corrected chi connectivity index (χ2v) is 12.4. The highest BCUT2D eigenvalue weighted by atomic mass is 32.2. The number of likely N-dealkylation sites (N-methyl/N-ethyl adjacent to an activating group) is 1. The highest BCUT2D eigenvalue weighted by Gasteiger charge is 2.27. The van der Waals surface area contributed by atoms with Crippen molar-refractivity contribution in [2.75, 3.05) is 53.9 Å². The molecule has 0 aliphatic carbocycles. The van der Waals surface area contributed by atoms with Crippen molar-refractivity contribution in [3.63, 3.8) is 0 Å². The van der Waals surface area contributed by atoms with Gasteiger partial charge in [-0.15, -0.1) is 11.3 Å². The van der Waals surface area contributed by atoms with E-state index in [1.807, 2.05) is 17.5 Å². The van der Waals surface area contributed by atoms with Crippen LogP contribution in [0, 0.1) is 0 Å². The van der Waals surface area contributed by atoms with Crippen molar-refractivity contribution in [1.82, 2.24) is 18.8 Å². The SMILES string of the molecule is CN1CCN([C@@H](CNS(=O)(=O)c2cccc(S(=O)(=O)N(C)C)c2)c2cccs2)CC1. The molecule has 0 saturated carbocycles. The van der Waals surface area contributed by atoms with E-state index in [1.54, 1.807) is 11.3 Å². The highest BCUT2D eigenvalue weighted by molar-refractivity contribution is 7.90. The van der Waals surface area contributed by atoms with E-state index in [9.17, 15) is 16.8 Å². The highest BCUT2D eigenvalue weighted by Crippen LogP contribution is 2.26. The molecule has 1 aromatic carbocycles. The number of thiophene rings is 1. The monoisotopic (exact) mass is 472 g/mol. The molecule has 0 radical (unpaired) electrons. The van der Waals surface area contributed by atoms with E-state index in [4.69, 9.17) is 0 Å². The summed E-state index contributed by atoms with van der Waals surface area (Å²) in [7, 11) is -2.68. The van der Waals surface area contributed by atoms with E-state index in [0.29, 0.717) is 0 Å². The molecule has 1 atom stereocenters. The molecule has 1 aliphatic rings. The topological polar surface area (TPSA) is 90.0 Å². The van der Waals surface area contributed by atoms with E-state index in [0.717, 1.165) is 35.4 Å². The summed E-state index contributed by atoms with van der Waals surface area (Å²) in [6, 6.07) is 9.37. The summed E-state index contributed by atoms with van der Waals surface area (Å²) in [6.45, 7) is 3.80. The second kappa shape index (κ2) is 9.43. The first-order valence-electron chi connectivity index (χ1n) is 9.59. The Morgan fingerprint density at radius 1 is 1.03 bits per heavy atom. The first-order chi connectivity index (χ1) is 14.1. The van der Waals surface area contributed by atoms with Gasteiger partial charge in [-0.25, -0.2) is 25.9 Å². The van der Waals surface area contributed by atoms with Gasteiger partial charge in [0.05, 0.1) is 15.8 Å². The maximum Gasteiger partial charge on any atom is 0.242 e. The van der Waals surface area contributed by atoms with Gasteiger partial charge in [0, 0.05) is 51.7 Å². The Balaban J connectivity index is 1.80. The van der Waals surface area contributed by atoms with Gasteiger partial charge in [-0.2, -0.15) is 0 Å². The van der Waals surface area contributed by atoms with Crippen LogP contribution in [0.25, 0.3) is 0 Å². The Morgan fingerprint density at radius 2 is 1.70 bits per heavy atom. The molecule has 8 nitrogen and oxygen atoms in total. The number of piperazine rings is 1. The van der Waals surface area contributed by atoms with Crippen molar-refractivity contribution in [3.05, 3.63) is 46.7 Å². The van der Waals surface area contributed by atoms with Crippen LogP contribution in [0.3, 0.4) is 0 Å². The average Bonchev–Trinajstić information content (AvgIpc) is 3.24. The zero-order valence-corrected chi connectivity index (χ0v) is 19.8. The van der Waals surface area contributed by atoms with Crippen LogP contribution in [0.2, 0.25) is 0 Å². The summed E-state index contributed by atoms with van der Waals surface area (Å²) >= 11 is 1.61. The van der Waals surface area contributed by atoms with Crippen molar-refractivity contribution >= 4 is 31.4 Å². The van der Waals surface area contributed by atoms with E-state index >= 15 is 0 Å². The number of benzene rings is 1. The average molecular weight is 473 g/mol. The van der Waals surface area contributed by atoms with Crippen molar-refractivity contribution in [2.24, 2.45) is 0 Å². The van der Waals surface area contributed by atoms with Gasteiger partial charge >= 0.3 is 0 Å². The van der Waals surface area contributed by atoms with Gasteiger partial charge in [0.15, 0.2) is 0 Å². The molecule has 1 fully saturated rings. The van der Waals surface area contributed by atoms with Crippen LogP contribution < -0.4 is 4.72 Å². The normalized spacial score (nSPS) is 18.0. The molecule has 1 saturated heterocycles. The Kier molecular flexibility index (Phi) is 7.33. The lowest BCUT2D eigenvalue weighted by Gasteiger charge is -2.37. The maximum absolute atomic E-state index is 12.9. The third kappa shape index (κ3) is 5.28. The molecule has 30 heavy (non-hydrogen) atoms. The minimum absolute atomic E-state index is 0.0516. The number of hydrogen-bond donors (Lipinski definition) is 1. The number of rotatable bonds is 8. The van der Waals surface area contributed by atoms with Crippen LogP contribution >= 0.6 is 11.3 Å². The largest absolute Gasteiger partial charge is 0.304 e. The third-order valence-electron chi connectivity index (χ3n) is 5.21. The Labute approximate surface area is 183 Å². The molecular weight excluding hydrogens is 444 g/mol. The number of nitrogens with one attached hydrogen (secondary N) is 1. The van der Waals surface area contributed by atoms with Gasteiger partial charge in [0.1, 0.15) is 0 Å². The molecule has 1 aromatic heterocycles. The summed E-state index contributed by atoms with van der Waals surface area (Å²) in [6.07, 6.45) is 0. The minimum atomic E-state index is -3.87. The van der Waals surface area contributed by atoms with E-state index < -0.39 is 20.0 Å². The van der Waals surface area contributed by atoms with Crippen LogP contribution in [0.15, 0.2) is 51.6 Å². The Morgan fingerprint density at radius 3 is 2.30 bits per heavy atom. The molecule has 3 rings (SSSR count). The number of hydrogen-bond acceptors (Lipinski definition) is 7. The fraction of sp³-hybridized carbons (Fsp3) is 0.474. The summed E-state index contributed by atoms with van der Waals surface area (Å²) in [5, 5.41) is 1.99. The smallest absolute Gasteiger partial charge is 0.242 e. The van der Waals surface area contributed by atoms with Gasteiger partial charge in [0.2, 0.25) is 20.0 Å². The summed E-state index contributed by atoms with van der Waals surface area (Å²) in [5.41, 5.74) is 0. The van der Waals surface area contributed by atoms with Crippen molar-refractivity contribution in [2.45, 2.75) is 15.8 Å². The first kappa shape index (κ1) is 23.3. The summed E-state index contributed by atoms with van der Waals surface area (Å²) in [5.74, 6) is 0. The minimum Gasteiger partial charge on any atom is -0.304 e. The van der Waals surface area contributed by atoms with E-state index in [2.05, 4.69) is 21.6 Å². The van der Waals surface area contributed by atoms with Crippen LogP contribution in [-0.2, 0) is 20.0 Å². The van der Waals surface area contributed by atoms with Crippen molar-refractivity contribution in [3.8, 4) is 0 Å². The predicted molar refractivity (Wildman–Crippen MR) is 119 cm³/mol. The van der Waals surface area contributed by atoms with E-state index in [-0.39, 0.29) is 22.4 Å². The molecule has 1 N–H and O–H groups in total. The fourth-order valence-electron chi connectivity index (χ4n) is 3.31. The zero-order valence-electron chi connectivity index (χ0n) is 17.4. The lowest BCUT2D eigenvalue weighted by molar-refractivity contribution is 0.114. The molecular formula is C19H28N4O4S3. The molecule has 2 heterocycles. The maximum atomic E-state index is 12.9. The quantitative estimate of drug-likeness (QED) is 0.622. The van der Waals surface area contributed by atoms with Crippen molar-refractivity contribution in [1.29, 1.82) is 0 Å². The number of nitrogens with zero attached hydrogens (tertiary/aromatic N) is 3. The molecule has 0 bridgehead atoms. The molecule has 0 amide bonds. The van der Waals surface area contributed by atoms with Crippen LogP contribution in [-0.4, -0.2) is 84.8 Å². The Bertz CT molecular complexity index is 1050. The zero-order chi connectivity index (χ0) is 21.9. The van der Waals surface area contributed by atoms with Gasteiger partial charge in [0.25, 0.3) is 0 Å². The van der Waals surface area contributed by atoms with Crippen LogP contribution in [0.4, 0.5) is 0 Å². The molecule has 2 aromatic rings. The number of sulfonamides is 2. The molecule has 1 aliphatic heterocycles. The lowest BCUT2D eigenvalue weighted by atomic mass is 10.2. The van der Waals surface area contributed by atoms with Gasteiger partial charge < -0.3 is 4.90 Å². The van der Waals surface area contributed by atoms with Crippen LogP contribution in [0.5, 0.6) is 0 Å². The third-order valence-corrected chi connectivity index (χ3v) is 9.42. The lowest BCUT2D eigenvalue weighted by Crippen LogP contribution is -2.48. The summed E-state index contributed by atoms with van der Waals surface area (Å²) < 4.78 is 54.4. The predicted octanol–water partition coefficient (Wildman–Crippen LogP) is 1.27. The second-order valence-electron chi connectivity index (χ2n) is 7.48. The first-order valence-corrected chi connectivity index (χ1v) is 13.4. The standard InChI is InChI=1S/C19H28N4O4S3/c1-21(2)30(26,27)17-7-4-6-16(14-17)29(24,25)20-15-18(19-8-5-13-28-19)23-11-9-22(3)10-12-23/h4-8,13-14,18,20H,9-12,15H2,1-3H3/t18-/m0/s1. The van der Waals surface area contributed by atoms with Gasteiger partial charge in [-0.3, -0.25) is 4.90 Å². The fourth-order valence-corrected chi connectivity index (χ4v) is 6.28. The van der Waals surface area contributed by atoms with Crippen LogP contribution in [0.1, 0.15) is 10.9 Å². The molecule has 0 spiro atoms. The summed E-state index contributed by atoms with van der Waals surface area (Å²) in [4.78, 5) is 5.54. The Hall–Kier alpha value is -1.34. The van der Waals surface area contributed by atoms with Crippen molar-refractivity contribution < 1.29 is 16.8 Å². The van der Waals surface area contributed by atoms with E-state index in [1.165, 1.54) is 38.4 Å². The molecule has 0 unspecified atom stereocenters. The molecule has 166 valence electrons.